The zero-order valence-corrected chi connectivity index (χ0v) is 17.6. The summed E-state index contributed by atoms with van der Waals surface area (Å²) in [6.07, 6.45) is 2.71. The third-order valence-electron chi connectivity index (χ3n) is 5.07. The molecular weight excluding hydrogens is 410 g/mol. The molecule has 0 fully saturated rings. The lowest BCUT2D eigenvalue weighted by atomic mass is 10.1. The molecule has 0 saturated heterocycles. The van der Waals surface area contributed by atoms with Crippen LogP contribution in [0.2, 0.25) is 0 Å². The Hall–Kier alpha value is -2.85. The van der Waals surface area contributed by atoms with E-state index in [1.165, 1.54) is 12.3 Å². The van der Waals surface area contributed by atoms with Crippen molar-refractivity contribution in [3.63, 3.8) is 0 Å². The molecule has 0 amide bonds. The second kappa shape index (κ2) is 8.11. The number of sulfone groups is 1. The summed E-state index contributed by atoms with van der Waals surface area (Å²) in [5.41, 5.74) is 2.74. The summed E-state index contributed by atoms with van der Waals surface area (Å²) in [4.78, 5) is 7.11. The van der Waals surface area contributed by atoms with Gasteiger partial charge in [0, 0.05) is 38.7 Å². The average Bonchev–Trinajstić information content (AvgIpc) is 3.34. The molecule has 3 aromatic rings. The van der Waals surface area contributed by atoms with Gasteiger partial charge >= 0.3 is 0 Å². The topological polar surface area (TPSA) is 117 Å². The van der Waals surface area contributed by atoms with Crippen molar-refractivity contribution in [2.24, 2.45) is 0 Å². The largest absolute Gasteiger partial charge is 0.618 e. The number of methoxy groups -OCH3 is 1. The predicted molar refractivity (Wildman–Crippen MR) is 108 cm³/mol. The number of pyridine rings is 1. The molecule has 0 radical (unpaired) electrons. The van der Waals surface area contributed by atoms with Gasteiger partial charge < -0.3 is 24.4 Å². The molecule has 0 bridgehead atoms. The zero-order chi connectivity index (χ0) is 21.3. The molecule has 0 spiro atoms. The highest BCUT2D eigenvalue weighted by Gasteiger charge is 2.27. The number of aromatic amines is 1. The standard InChI is InChI=1S/C20H23N3O6S/c1-13-17(23(24)6-4-18(13)28-8-3-7-27-2)12-30(25,26)20-21-15-10-14-5-9-29-19(14)11-16(15)22-20/h4,6,10-11H,3,5,7-9,12H2,1-2H3,(H,21,22). The molecule has 1 aromatic carbocycles. The number of benzene rings is 1. The Morgan fingerprint density at radius 1 is 1.33 bits per heavy atom. The highest BCUT2D eigenvalue weighted by molar-refractivity contribution is 7.90. The lowest BCUT2D eigenvalue weighted by Gasteiger charge is -2.12. The van der Waals surface area contributed by atoms with Crippen molar-refractivity contribution in [2.45, 2.75) is 30.7 Å². The van der Waals surface area contributed by atoms with Crippen LogP contribution in [0.5, 0.6) is 11.5 Å². The summed E-state index contributed by atoms with van der Waals surface area (Å²) in [6, 6.07) is 5.13. The molecule has 1 aliphatic rings. The smallest absolute Gasteiger partial charge is 0.226 e. The van der Waals surface area contributed by atoms with Crippen LogP contribution in [-0.2, 0) is 26.7 Å². The summed E-state index contributed by atoms with van der Waals surface area (Å²) >= 11 is 0. The Morgan fingerprint density at radius 2 is 2.17 bits per heavy atom. The van der Waals surface area contributed by atoms with Crippen molar-refractivity contribution in [2.75, 3.05) is 26.9 Å². The van der Waals surface area contributed by atoms with Crippen molar-refractivity contribution < 1.29 is 27.4 Å². The lowest BCUT2D eigenvalue weighted by Crippen LogP contribution is -2.34. The second-order valence-electron chi connectivity index (χ2n) is 7.15. The van der Waals surface area contributed by atoms with E-state index in [-0.39, 0.29) is 10.9 Å². The zero-order valence-electron chi connectivity index (χ0n) is 16.8. The lowest BCUT2D eigenvalue weighted by molar-refractivity contribution is -0.613. The van der Waals surface area contributed by atoms with Crippen LogP contribution >= 0.6 is 0 Å². The van der Waals surface area contributed by atoms with E-state index in [2.05, 4.69) is 9.97 Å². The van der Waals surface area contributed by atoms with Gasteiger partial charge in [-0.1, -0.05) is 0 Å². The summed E-state index contributed by atoms with van der Waals surface area (Å²) in [6.45, 7) is 3.24. The average molecular weight is 433 g/mol. The minimum absolute atomic E-state index is 0.102. The summed E-state index contributed by atoms with van der Waals surface area (Å²) in [5, 5.41) is 12.1. The molecule has 3 heterocycles. The molecule has 1 aliphatic heterocycles. The fourth-order valence-corrected chi connectivity index (χ4v) is 4.77. The number of nitrogens with one attached hydrogen (secondary N) is 1. The fraction of sp³-hybridized carbons (Fsp3) is 0.400. The first kappa shape index (κ1) is 20.4. The molecule has 30 heavy (non-hydrogen) atoms. The van der Waals surface area contributed by atoms with Crippen LogP contribution in [0.3, 0.4) is 0 Å². The third-order valence-corrected chi connectivity index (χ3v) is 6.51. The first-order chi connectivity index (χ1) is 14.4. The normalized spacial score (nSPS) is 13.4. The van der Waals surface area contributed by atoms with Gasteiger partial charge in [-0.2, -0.15) is 4.73 Å². The first-order valence-corrected chi connectivity index (χ1v) is 11.3. The molecule has 9 nitrogen and oxygen atoms in total. The van der Waals surface area contributed by atoms with Crippen molar-refractivity contribution in [3.05, 3.63) is 46.4 Å². The van der Waals surface area contributed by atoms with Crippen LogP contribution in [0.1, 0.15) is 23.2 Å². The summed E-state index contributed by atoms with van der Waals surface area (Å²) < 4.78 is 42.8. The SMILES string of the molecule is COCCCOc1cc[n+]([O-])c(CS(=O)(=O)c2nc3cc4c(cc3[nH]2)CCO4)c1C. The number of aromatic nitrogens is 3. The summed E-state index contributed by atoms with van der Waals surface area (Å²) in [7, 11) is -2.28. The van der Waals surface area contributed by atoms with Gasteiger partial charge in [-0.15, -0.1) is 0 Å². The van der Waals surface area contributed by atoms with Crippen molar-refractivity contribution in [1.82, 2.24) is 9.97 Å². The number of hydrogen-bond acceptors (Lipinski definition) is 7. The molecule has 160 valence electrons. The van der Waals surface area contributed by atoms with E-state index in [4.69, 9.17) is 14.2 Å². The molecule has 0 saturated carbocycles. The number of hydrogen-bond donors (Lipinski definition) is 1. The van der Waals surface area contributed by atoms with E-state index >= 15 is 0 Å². The Bertz CT molecular complexity index is 1150. The van der Waals surface area contributed by atoms with Crippen LogP contribution in [0.15, 0.2) is 29.6 Å². The minimum atomic E-state index is -3.88. The molecule has 0 aliphatic carbocycles. The van der Waals surface area contributed by atoms with E-state index in [9.17, 15) is 13.6 Å². The Balaban J connectivity index is 1.61. The minimum Gasteiger partial charge on any atom is -0.618 e. The van der Waals surface area contributed by atoms with Crippen molar-refractivity contribution >= 4 is 20.9 Å². The van der Waals surface area contributed by atoms with Gasteiger partial charge in [0.15, 0.2) is 6.20 Å². The van der Waals surface area contributed by atoms with Gasteiger partial charge in [-0.3, -0.25) is 0 Å². The van der Waals surface area contributed by atoms with Gasteiger partial charge in [-0.25, -0.2) is 13.4 Å². The maximum Gasteiger partial charge on any atom is 0.226 e. The van der Waals surface area contributed by atoms with E-state index in [1.807, 2.05) is 6.07 Å². The molecule has 10 heteroatoms. The second-order valence-corrected chi connectivity index (χ2v) is 9.05. The highest BCUT2D eigenvalue weighted by atomic mass is 32.2. The van der Waals surface area contributed by atoms with Crippen molar-refractivity contribution in [3.8, 4) is 11.5 Å². The van der Waals surface area contributed by atoms with E-state index in [1.54, 1.807) is 20.1 Å². The van der Waals surface area contributed by atoms with Crippen LogP contribution in [-0.4, -0.2) is 45.3 Å². The molecule has 1 N–H and O–H groups in total. The fourth-order valence-electron chi connectivity index (χ4n) is 3.43. The number of imidazole rings is 1. The van der Waals surface area contributed by atoms with Crippen molar-refractivity contribution in [1.29, 1.82) is 0 Å². The Morgan fingerprint density at radius 3 is 2.97 bits per heavy atom. The van der Waals surface area contributed by atoms with Gasteiger partial charge in [-0.05, 0) is 18.6 Å². The molecule has 2 aromatic heterocycles. The van der Waals surface area contributed by atoms with E-state index in [0.29, 0.717) is 53.3 Å². The van der Waals surface area contributed by atoms with Gasteiger partial charge in [0.05, 0.1) is 29.8 Å². The molecular formula is C20H23N3O6S. The number of H-pyrrole nitrogens is 1. The quantitative estimate of drug-likeness (QED) is 0.327. The Kier molecular flexibility index (Phi) is 5.52. The van der Waals surface area contributed by atoms with Gasteiger partial charge in [0.2, 0.25) is 20.7 Å². The maximum atomic E-state index is 13.0. The number of fused-ring (bicyclic) bond motifs is 2. The van der Waals surface area contributed by atoms with Crippen LogP contribution < -0.4 is 14.2 Å². The van der Waals surface area contributed by atoms with E-state index in [0.717, 1.165) is 17.7 Å². The van der Waals surface area contributed by atoms with E-state index < -0.39 is 15.6 Å². The highest BCUT2D eigenvalue weighted by Crippen LogP contribution is 2.30. The number of ether oxygens (including phenoxy) is 3. The molecule has 4 rings (SSSR count). The number of rotatable bonds is 8. The van der Waals surface area contributed by atoms with Gasteiger partial charge in [0.1, 0.15) is 17.3 Å². The first-order valence-electron chi connectivity index (χ1n) is 9.60. The van der Waals surface area contributed by atoms with Crippen LogP contribution in [0.4, 0.5) is 0 Å². The summed E-state index contributed by atoms with van der Waals surface area (Å²) in [5.74, 6) is 0.708. The molecule has 0 atom stereocenters. The van der Waals surface area contributed by atoms with Crippen LogP contribution in [0, 0.1) is 12.1 Å². The number of nitrogens with zero attached hydrogens (tertiary/aromatic N) is 2. The third kappa shape index (κ3) is 3.92. The molecule has 0 unspecified atom stereocenters. The predicted octanol–water partition coefficient (Wildman–Crippen LogP) is 1.83. The van der Waals surface area contributed by atoms with Crippen LogP contribution in [0.25, 0.3) is 11.0 Å². The maximum absolute atomic E-state index is 13.0. The monoisotopic (exact) mass is 433 g/mol. The van der Waals surface area contributed by atoms with Gasteiger partial charge in [0.25, 0.3) is 0 Å². The Labute approximate surface area is 174 Å².